The van der Waals surface area contributed by atoms with Gasteiger partial charge in [-0.15, -0.1) is 0 Å². The van der Waals surface area contributed by atoms with Gasteiger partial charge in [0.2, 0.25) is 0 Å². The summed E-state index contributed by atoms with van der Waals surface area (Å²) in [5, 5.41) is 35.3. The van der Waals surface area contributed by atoms with Crippen LogP contribution in [0.2, 0.25) is 0 Å². The Labute approximate surface area is 285 Å². The van der Waals surface area contributed by atoms with Crippen molar-refractivity contribution >= 4 is 5.78 Å². The molecule has 0 heterocycles. The van der Waals surface area contributed by atoms with Gasteiger partial charge in [0, 0.05) is 24.5 Å². The van der Waals surface area contributed by atoms with Crippen molar-refractivity contribution in [1.82, 2.24) is 0 Å². The number of carbonyl (C=O) groups is 1. The Morgan fingerprint density at radius 3 is 2.17 bits per heavy atom. The molecule has 0 aromatic heterocycles. The van der Waals surface area contributed by atoms with E-state index in [-0.39, 0.29) is 40.7 Å². The maximum absolute atomic E-state index is 12.8. The maximum atomic E-state index is 12.8. The summed E-state index contributed by atoms with van der Waals surface area (Å²) >= 11 is 0. The molecule has 6 heteroatoms. The van der Waals surface area contributed by atoms with Crippen LogP contribution in [-0.4, -0.2) is 58.9 Å². The molecule has 6 aliphatic carbocycles. The van der Waals surface area contributed by atoms with Gasteiger partial charge >= 0.3 is 0 Å². The molecule has 0 saturated heterocycles. The molecule has 47 heavy (non-hydrogen) atoms. The highest BCUT2D eigenvalue weighted by atomic mass is 16.6. The van der Waals surface area contributed by atoms with Crippen molar-refractivity contribution in [3.8, 4) is 0 Å². The predicted octanol–water partition coefficient (Wildman–Crippen LogP) is 7.86. The molecule has 6 nitrogen and oxygen atoms in total. The number of fused-ring (bicyclic) bond motifs is 3. The van der Waals surface area contributed by atoms with Gasteiger partial charge < -0.3 is 24.8 Å². The van der Waals surface area contributed by atoms with Gasteiger partial charge in [-0.1, -0.05) is 46.6 Å². The van der Waals surface area contributed by atoms with E-state index in [1.54, 1.807) is 14.0 Å². The van der Waals surface area contributed by atoms with E-state index in [9.17, 15) is 20.1 Å². The first-order valence-electron chi connectivity index (χ1n) is 19.6. The molecule has 0 amide bonds. The van der Waals surface area contributed by atoms with Gasteiger partial charge in [-0.05, 0) is 149 Å². The molecule has 0 aliphatic heterocycles. The molecule has 0 aromatic rings. The fourth-order valence-electron chi connectivity index (χ4n) is 13.8. The molecule has 12 unspecified atom stereocenters. The van der Waals surface area contributed by atoms with Gasteiger partial charge in [-0.3, -0.25) is 4.79 Å². The van der Waals surface area contributed by atoms with E-state index in [1.807, 2.05) is 0 Å². The van der Waals surface area contributed by atoms with Crippen LogP contribution in [0.1, 0.15) is 138 Å². The van der Waals surface area contributed by atoms with Crippen molar-refractivity contribution < 1.29 is 29.6 Å². The molecule has 268 valence electrons. The Kier molecular flexibility index (Phi) is 10.3. The number of carbonyl (C=O) groups excluding carboxylic acids is 1. The van der Waals surface area contributed by atoms with E-state index in [4.69, 9.17) is 9.47 Å². The van der Waals surface area contributed by atoms with Crippen LogP contribution in [0, 0.1) is 63.6 Å². The molecule has 0 spiro atoms. The summed E-state index contributed by atoms with van der Waals surface area (Å²) in [6, 6.07) is 0. The summed E-state index contributed by atoms with van der Waals surface area (Å²) in [5.74, 6) is 3.42. The maximum Gasteiger partial charge on any atom is 0.158 e. The van der Waals surface area contributed by atoms with E-state index < -0.39 is 17.8 Å². The number of hydrogen-bond donors (Lipinski definition) is 3. The second-order valence-electron chi connectivity index (χ2n) is 18.7. The fraction of sp³-hybridized carbons (Fsp3) is 0.927. The smallest absolute Gasteiger partial charge is 0.158 e. The number of Topliss-reactive ketones (excluding diaryl/α,β-unsaturated/α-hetero) is 1. The van der Waals surface area contributed by atoms with E-state index in [0.29, 0.717) is 47.2 Å². The lowest BCUT2D eigenvalue weighted by Crippen LogP contribution is -2.68. The average molecular weight is 657 g/mol. The molecule has 0 bridgehead atoms. The lowest BCUT2D eigenvalue weighted by molar-refractivity contribution is -0.246. The second-order valence-corrected chi connectivity index (χ2v) is 18.7. The largest absolute Gasteiger partial charge is 0.392 e. The van der Waals surface area contributed by atoms with E-state index in [0.717, 1.165) is 50.5 Å². The molecule has 0 aromatic carbocycles. The summed E-state index contributed by atoms with van der Waals surface area (Å²) in [7, 11) is 1.79. The zero-order valence-electron chi connectivity index (χ0n) is 31.0. The molecular weight excluding hydrogens is 588 g/mol. The SMILES string of the molecule is COC1CCC(OC(O)CC2CCC(C3CCC(C)C4C(O)C5C(C)C6(C)C(O)C(C(C)=O)=C(C)CC6(C)CC5(C)CC34)CC2)CC1. The molecule has 5 saturated carbocycles. The first-order chi connectivity index (χ1) is 22.1. The summed E-state index contributed by atoms with van der Waals surface area (Å²) in [6.45, 7) is 15.4. The third kappa shape index (κ3) is 6.14. The monoisotopic (exact) mass is 657 g/mol. The zero-order chi connectivity index (χ0) is 34.1. The third-order valence-electron chi connectivity index (χ3n) is 16.2. The van der Waals surface area contributed by atoms with Crippen LogP contribution in [0.4, 0.5) is 0 Å². The molecule has 3 N–H and O–H groups in total. The van der Waals surface area contributed by atoms with Crippen molar-refractivity contribution in [3.05, 3.63) is 11.1 Å². The number of ether oxygens (including phenoxy) is 2. The second kappa shape index (κ2) is 13.4. The van der Waals surface area contributed by atoms with E-state index >= 15 is 0 Å². The molecule has 5 fully saturated rings. The predicted molar refractivity (Wildman–Crippen MR) is 185 cm³/mol. The number of hydrogen-bond acceptors (Lipinski definition) is 6. The summed E-state index contributed by atoms with van der Waals surface area (Å²) < 4.78 is 11.6. The Hall–Kier alpha value is -0.790. The molecule has 6 rings (SSSR count). The minimum Gasteiger partial charge on any atom is -0.392 e. The highest BCUT2D eigenvalue weighted by molar-refractivity contribution is 5.95. The van der Waals surface area contributed by atoms with Crippen LogP contribution in [-0.2, 0) is 14.3 Å². The lowest BCUT2D eigenvalue weighted by atomic mass is 9.35. The number of aliphatic hydroxyl groups excluding tert-OH is 3. The molecule has 0 radical (unpaired) electrons. The summed E-state index contributed by atoms with van der Waals surface area (Å²) in [5.41, 5.74) is 1.09. The number of allylic oxidation sites excluding steroid dienone is 1. The van der Waals surface area contributed by atoms with Crippen LogP contribution in [0.3, 0.4) is 0 Å². The van der Waals surface area contributed by atoms with Gasteiger partial charge in [0.15, 0.2) is 12.1 Å². The van der Waals surface area contributed by atoms with Gasteiger partial charge in [-0.25, -0.2) is 0 Å². The van der Waals surface area contributed by atoms with Gasteiger partial charge in [0.1, 0.15) is 0 Å². The first kappa shape index (κ1) is 36.0. The minimum atomic E-state index is -0.787. The lowest BCUT2D eigenvalue weighted by Gasteiger charge is -2.70. The van der Waals surface area contributed by atoms with Gasteiger partial charge in [0.05, 0.1) is 24.4 Å². The Balaban J connectivity index is 1.14. The normalized spacial score (nSPS) is 51.0. The standard InChI is InChI=1S/C41H68O6/c1-23-9-18-31(28-12-10-27(11-13-28)19-33(43)47-30-16-14-29(46-8)15-17-30)32-21-39(5)22-40(6)20-24(2)34(26(4)42)38(45)41(40,7)25(3)36(39)37(44)35(23)32/h23,25,27-33,35-38,43-45H,9-22H2,1-8H3. The fourth-order valence-corrected chi connectivity index (χ4v) is 13.8. The zero-order valence-corrected chi connectivity index (χ0v) is 31.0. The van der Waals surface area contributed by atoms with Crippen molar-refractivity contribution in [2.45, 2.75) is 169 Å². The number of aliphatic hydroxyl groups is 3. The van der Waals surface area contributed by atoms with Gasteiger partial charge in [-0.2, -0.15) is 0 Å². The Morgan fingerprint density at radius 1 is 0.915 bits per heavy atom. The van der Waals surface area contributed by atoms with Crippen LogP contribution in [0.15, 0.2) is 11.1 Å². The summed E-state index contributed by atoms with van der Waals surface area (Å²) in [6.07, 6.45) is 13.7. The van der Waals surface area contributed by atoms with Crippen molar-refractivity contribution in [1.29, 1.82) is 0 Å². The molecule has 6 aliphatic rings. The van der Waals surface area contributed by atoms with Crippen LogP contribution < -0.4 is 0 Å². The van der Waals surface area contributed by atoms with Crippen molar-refractivity contribution in [2.75, 3.05) is 7.11 Å². The topological polar surface area (TPSA) is 96.2 Å². The Morgan fingerprint density at radius 2 is 1.55 bits per heavy atom. The van der Waals surface area contributed by atoms with Crippen LogP contribution in [0.5, 0.6) is 0 Å². The Bertz CT molecular complexity index is 1170. The molecule has 12 atom stereocenters. The number of methoxy groups -OCH3 is 1. The molecular formula is C41H68O6. The van der Waals surface area contributed by atoms with Crippen molar-refractivity contribution in [3.63, 3.8) is 0 Å². The quantitative estimate of drug-likeness (QED) is 0.242. The summed E-state index contributed by atoms with van der Waals surface area (Å²) in [4.78, 5) is 12.8. The minimum absolute atomic E-state index is 0.00165. The highest BCUT2D eigenvalue weighted by Gasteiger charge is 2.69. The number of rotatable bonds is 7. The average Bonchev–Trinajstić information content (AvgIpc) is 2.99. The van der Waals surface area contributed by atoms with Crippen LogP contribution >= 0.6 is 0 Å². The third-order valence-corrected chi connectivity index (χ3v) is 16.2. The van der Waals surface area contributed by atoms with E-state index in [1.165, 1.54) is 44.9 Å². The van der Waals surface area contributed by atoms with Crippen molar-refractivity contribution in [2.24, 2.45) is 63.6 Å². The number of ketones is 1. The van der Waals surface area contributed by atoms with Crippen LogP contribution in [0.25, 0.3) is 0 Å². The first-order valence-corrected chi connectivity index (χ1v) is 19.6. The highest BCUT2D eigenvalue weighted by Crippen LogP contribution is 2.72. The van der Waals surface area contributed by atoms with Gasteiger partial charge in [0.25, 0.3) is 0 Å². The van der Waals surface area contributed by atoms with E-state index in [2.05, 4.69) is 41.5 Å².